The van der Waals surface area contributed by atoms with E-state index in [0.717, 1.165) is 73.0 Å². The van der Waals surface area contributed by atoms with Crippen molar-refractivity contribution in [3.05, 3.63) is 0 Å². The monoisotopic (exact) mass is 1490 g/mol. The lowest BCUT2D eigenvalue weighted by Gasteiger charge is -2.55. The Balaban J connectivity index is 0.000000319. The number of aliphatic hydroxyl groups is 8. The molecule has 0 radical (unpaired) electrons. The van der Waals surface area contributed by atoms with E-state index in [1.165, 1.54) is 141 Å². The molecule has 10 aliphatic rings. The van der Waals surface area contributed by atoms with Crippen LogP contribution in [0.25, 0.3) is 0 Å². The van der Waals surface area contributed by atoms with E-state index in [4.69, 9.17) is 9.47 Å². The quantitative estimate of drug-likeness (QED) is 0.101. The van der Waals surface area contributed by atoms with Gasteiger partial charge in [-0.3, -0.25) is 9.59 Å². The van der Waals surface area contributed by atoms with Gasteiger partial charge >= 0.3 is 11.9 Å². The van der Waals surface area contributed by atoms with Crippen molar-refractivity contribution in [3.8, 4) is 0 Å². The van der Waals surface area contributed by atoms with Crippen molar-refractivity contribution in [2.75, 3.05) is 13.2 Å². The molecule has 105 heavy (non-hydrogen) atoms. The summed E-state index contributed by atoms with van der Waals surface area (Å²) in [4.78, 5) is 22.8. The molecular formula is C93H178O12. The van der Waals surface area contributed by atoms with Crippen LogP contribution in [-0.2, 0) is 19.1 Å². The lowest BCUT2D eigenvalue weighted by Crippen LogP contribution is -2.51. The van der Waals surface area contributed by atoms with Gasteiger partial charge in [0.05, 0.1) is 68.0 Å². The summed E-state index contributed by atoms with van der Waals surface area (Å²) in [6.45, 7) is 57.8. The fourth-order valence-corrected chi connectivity index (χ4v) is 22.9. The molecule has 0 amide bonds. The normalized spacial score (nSPS) is 43.0. The van der Waals surface area contributed by atoms with Crippen molar-refractivity contribution in [1.29, 1.82) is 0 Å². The number of hydrogen-bond donors (Lipinski definition) is 8. The van der Waals surface area contributed by atoms with Crippen molar-refractivity contribution in [2.24, 2.45) is 165 Å². The molecule has 0 aliphatic heterocycles. The van der Waals surface area contributed by atoms with E-state index >= 15 is 0 Å². The first-order chi connectivity index (χ1) is 48.9. The average Bonchev–Trinajstić information content (AvgIpc) is 0.755. The molecule has 10 saturated carbocycles. The lowest BCUT2D eigenvalue weighted by molar-refractivity contribution is -0.152. The first kappa shape index (κ1) is 97.8. The molecule has 8 N–H and O–H groups in total. The highest BCUT2D eigenvalue weighted by Crippen LogP contribution is 2.57. The Morgan fingerprint density at radius 2 is 0.543 bits per heavy atom. The molecule has 0 bridgehead atoms. The molecule has 0 aromatic heterocycles. The molecule has 0 heterocycles. The number of carbonyl (C=O) groups is 2. The molecule has 10 aliphatic carbocycles. The van der Waals surface area contributed by atoms with E-state index in [9.17, 15) is 50.4 Å². The van der Waals surface area contributed by atoms with Gasteiger partial charge in [-0.15, -0.1) is 0 Å². The Hall–Kier alpha value is -1.38. The van der Waals surface area contributed by atoms with Gasteiger partial charge in [0, 0.05) is 6.42 Å². The Morgan fingerprint density at radius 3 is 0.790 bits per heavy atom. The SMILES string of the molecule is CC(C)C1CC(C)C(O)C(C)C1.CC(C)C1CC(C2(C)CCCCC2)C(O)C(C2(C)CCCCC2)C1.CC1CC(C)C(O)C(C)C1.CC1CC(C)C(O)C(C)C1.CC1CC(C)C(O)C(C)C1.CC1CC(C)C(O)C(C)C1.CCOC(=O)C1CC(C)C(O)C(C)C1.CCOC(=O)CC1CC(C)C(O)C(C)C1. The van der Waals surface area contributed by atoms with Crippen molar-refractivity contribution < 1.29 is 59.9 Å². The first-order valence-corrected chi connectivity index (χ1v) is 44.7. The Morgan fingerprint density at radius 1 is 0.314 bits per heavy atom. The average molecular weight is 1490 g/mol. The third-order valence-corrected chi connectivity index (χ3v) is 29.4. The van der Waals surface area contributed by atoms with E-state index in [1.807, 2.05) is 27.7 Å². The third kappa shape index (κ3) is 31.8. The second kappa shape index (κ2) is 47.3. The highest BCUT2D eigenvalue weighted by Gasteiger charge is 2.52. The van der Waals surface area contributed by atoms with Gasteiger partial charge in [0.1, 0.15) is 0 Å². The van der Waals surface area contributed by atoms with Gasteiger partial charge in [0.2, 0.25) is 0 Å². The number of carbonyl (C=O) groups excluding carboxylic acids is 2. The maximum absolute atomic E-state index is 11.6. The molecule has 12 nitrogen and oxygen atoms in total. The highest BCUT2D eigenvalue weighted by atomic mass is 16.5. The Kier molecular flexibility index (Phi) is 44.1. The van der Waals surface area contributed by atoms with Crippen LogP contribution in [0.4, 0.5) is 0 Å². The van der Waals surface area contributed by atoms with Gasteiger partial charge in [-0.25, -0.2) is 0 Å². The zero-order valence-corrected chi connectivity index (χ0v) is 73.3. The highest BCUT2D eigenvalue weighted by molar-refractivity contribution is 5.72. The maximum Gasteiger partial charge on any atom is 0.308 e. The van der Waals surface area contributed by atoms with E-state index in [0.29, 0.717) is 119 Å². The van der Waals surface area contributed by atoms with Gasteiger partial charge in [-0.2, -0.15) is 0 Å². The molecule has 16 atom stereocenters. The standard InChI is InChI=1S/C23H42O.C12H22O3.C11H20O3.C11H22O.4C9H18O/c1-17(2)18-15-19(22(3)11-7-5-8-12-22)21(24)20(16-18)23(4)13-9-6-10-14-23;1-4-15-11(13)7-10-5-8(2)12(14)9(3)6-10;1-4-14-11(13)9-5-7(2)10(12)8(3)6-9;1-7(2)10-5-8(3)11(12)9(4)6-10;4*1-6-4-7(2)9(10)8(3)5-6/h17-21,24H,5-16H2,1-4H3;8-10,12,14H,4-7H2,1-3H3;7-10,12H,4-6H2,1-3H3;7-12H,5-6H2,1-4H3;4*6-10H,4-5H2,1-3H3. The summed E-state index contributed by atoms with van der Waals surface area (Å²) in [6, 6.07) is 0. The minimum absolute atomic E-state index is 0.0108. The van der Waals surface area contributed by atoms with Crippen LogP contribution in [0.5, 0.6) is 0 Å². The summed E-state index contributed by atoms with van der Waals surface area (Å²) in [7, 11) is 0. The smallest absolute Gasteiger partial charge is 0.308 e. The van der Waals surface area contributed by atoms with Crippen LogP contribution in [0, 0.1) is 165 Å². The summed E-state index contributed by atoms with van der Waals surface area (Å²) < 4.78 is 9.93. The van der Waals surface area contributed by atoms with Gasteiger partial charge in [-0.1, -0.05) is 205 Å². The lowest BCUT2D eigenvalue weighted by atomic mass is 9.52. The fraction of sp³-hybridized carbons (Fsp3) is 0.978. The van der Waals surface area contributed by atoms with E-state index in [1.54, 1.807) is 0 Å². The number of aliphatic hydroxyl groups excluding tert-OH is 8. The molecule has 0 spiro atoms. The molecule has 622 valence electrons. The molecule has 12 heteroatoms. The molecule has 16 unspecified atom stereocenters. The van der Waals surface area contributed by atoms with Crippen LogP contribution in [0.2, 0.25) is 0 Å². The summed E-state index contributed by atoms with van der Waals surface area (Å²) in [5.41, 5.74) is 0.795. The Labute approximate surface area is 648 Å². The number of ether oxygens (including phenoxy) is 2. The van der Waals surface area contributed by atoms with Crippen LogP contribution in [0.1, 0.15) is 353 Å². The van der Waals surface area contributed by atoms with Gasteiger partial charge in [0.15, 0.2) is 0 Å². The predicted molar refractivity (Wildman–Crippen MR) is 438 cm³/mol. The van der Waals surface area contributed by atoms with Crippen LogP contribution < -0.4 is 0 Å². The largest absolute Gasteiger partial charge is 0.466 e. The molecular weight excluding hydrogens is 1310 g/mol. The second-order valence-corrected chi connectivity index (χ2v) is 40.8. The Bertz CT molecular complexity index is 2090. The fourth-order valence-electron chi connectivity index (χ4n) is 22.9. The van der Waals surface area contributed by atoms with Crippen molar-refractivity contribution >= 4 is 11.9 Å². The van der Waals surface area contributed by atoms with Crippen molar-refractivity contribution in [2.45, 2.75) is 402 Å². The molecule has 0 saturated heterocycles. The maximum atomic E-state index is 11.6. The zero-order valence-electron chi connectivity index (χ0n) is 73.3. The predicted octanol–water partition coefficient (Wildman–Crippen LogP) is 21.0. The van der Waals surface area contributed by atoms with E-state index < -0.39 is 0 Å². The molecule has 10 rings (SSSR count). The van der Waals surface area contributed by atoms with E-state index in [2.05, 4.69) is 152 Å². The summed E-state index contributed by atoms with van der Waals surface area (Å²) in [5.74, 6) is 13.8. The van der Waals surface area contributed by atoms with Gasteiger partial charge in [0.25, 0.3) is 0 Å². The summed E-state index contributed by atoms with van der Waals surface area (Å²) in [5, 5.41) is 79.1. The molecule has 10 fully saturated rings. The minimum Gasteiger partial charge on any atom is -0.466 e. The molecule has 0 aromatic rings. The second-order valence-electron chi connectivity index (χ2n) is 40.8. The first-order valence-electron chi connectivity index (χ1n) is 44.7. The topological polar surface area (TPSA) is 214 Å². The van der Waals surface area contributed by atoms with Gasteiger partial charge < -0.3 is 50.3 Å². The number of hydrogen-bond acceptors (Lipinski definition) is 12. The zero-order chi connectivity index (χ0) is 79.7. The third-order valence-electron chi connectivity index (χ3n) is 29.4. The van der Waals surface area contributed by atoms with Crippen molar-refractivity contribution in [3.63, 3.8) is 0 Å². The number of rotatable bonds is 9. The van der Waals surface area contributed by atoms with Crippen LogP contribution in [0.3, 0.4) is 0 Å². The summed E-state index contributed by atoms with van der Waals surface area (Å²) >= 11 is 0. The van der Waals surface area contributed by atoms with Crippen LogP contribution in [0.15, 0.2) is 0 Å². The molecule has 0 aromatic carbocycles. The van der Waals surface area contributed by atoms with Crippen molar-refractivity contribution in [1.82, 2.24) is 0 Å². The number of esters is 2. The van der Waals surface area contributed by atoms with Gasteiger partial charge in [-0.05, 0) is 301 Å². The van der Waals surface area contributed by atoms with Crippen LogP contribution in [-0.4, -0.2) is 115 Å². The minimum atomic E-state index is -0.263. The van der Waals surface area contributed by atoms with Crippen LogP contribution >= 0.6 is 0 Å². The van der Waals surface area contributed by atoms with E-state index in [-0.39, 0.29) is 78.5 Å². The summed E-state index contributed by atoms with van der Waals surface area (Å²) in [6.07, 6.45) is 31.5.